The molecular weight excluding hydrogens is 214 g/mol. The molecule has 0 aliphatic carbocycles. The Morgan fingerprint density at radius 3 is 2.59 bits per heavy atom. The quantitative estimate of drug-likeness (QED) is 0.718. The maximum absolute atomic E-state index is 12.1. The van der Waals surface area contributed by atoms with Gasteiger partial charge in [-0.25, -0.2) is 0 Å². The summed E-state index contributed by atoms with van der Waals surface area (Å²) >= 11 is 0. The summed E-state index contributed by atoms with van der Waals surface area (Å²) in [5, 5.41) is 0. The van der Waals surface area contributed by atoms with Gasteiger partial charge in [0.05, 0.1) is 6.54 Å². The summed E-state index contributed by atoms with van der Waals surface area (Å²) in [6.45, 7) is 13.6. The molecule has 1 saturated heterocycles. The van der Waals surface area contributed by atoms with Gasteiger partial charge in [0.1, 0.15) is 0 Å². The minimum atomic E-state index is 0.178. The van der Waals surface area contributed by atoms with Crippen LogP contribution in [-0.4, -0.2) is 54.5 Å². The van der Waals surface area contributed by atoms with E-state index in [-0.39, 0.29) is 11.9 Å². The van der Waals surface area contributed by atoms with E-state index in [1.54, 1.807) is 0 Å². The van der Waals surface area contributed by atoms with Crippen LogP contribution in [0.4, 0.5) is 0 Å². The Balaban J connectivity index is 2.45. The van der Waals surface area contributed by atoms with Gasteiger partial charge in [-0.3, -0.25) is 9.69 Å². The van der Waals surface area contributed by atoms with Crippen LogP contribution in [0.1, 0.15) is 20.8 Å². The first kappa shape index (κ1) is 14.2. The van der Waals surface area contributed by atoms with Crippen molar-refractivity contribution >= 4 is 5.91 Å². The number of nitrogens with zero attached hydrogens (tertiary/aromatic N) is 2. The first-order valence-electron chi connectivity index (χ1n) is 6.34. The average Bonchev–Trinajstić information content (AvgIpc) is 2.54. The number of amides is 1. The van der Waals surface area contributed by atoms with Gasteiger partial charge in [0, 0.05) is 32.2 Å². The van der Waals surface area contributed by atoms with Gasteiger partial charge in [0.15, 0.2) is 0 Å². The Morgan fingerprint density at radius 2 is 2.18 bits per heavy atom. The zero-order valence-corrected chi connectivity index (χ0v) is 11.3. The Labute approximate surface area is 104 Å². The van der Waals surface area contributed by atoms with Crippen molar-refractivity contribution in [1.82, 2.24) is 9.80 Å². The summed E-state index contributed by atoms with van der Waals surface area (Å²) in [5.41, 5.74) is 6.97. The molecule has 0 aromatic heterocycles. The molecule has 0 aromatic carbocycles. The van der Waals surface area contributed by atoms with E-state index < -0.39 is 0 Å². The Morgan fingerprint density at radius 1 is 1.53 bits per heavy atom. The second kappa shape index (κ2) is 6.17. The summed E-state index contributed by atoms with van der Waals surface area (Å²) in [6.07, 6.45) is 0. The lowest BCUT2D eigenvalue weighted by atomic mass is 10.1. The molecule has 17 heavy (non-hydrogen) atoms. The topological polar surface area (TPSA) is 49.6 Å². The Hall–Kier alpha value is -0.870. The molecule has 1 fully saturated rings. The molecule has 4 heteroatoms. The molecular formula is C13H25N3O. The summed E-state index contributed by atoms with van der Waals surface area (Å²) < 4.78 is 0. The maximum Gasteiger partial charge on any atom is 0.237 e. The van der Waals surface area contributed by atoms with Crippen molar-refractivity contribution in [3.63, 3.8) is 0 Å². The number of rotatable bonds is 5. The predicted molar refractivity (Wildman–Crippen MR) is 70.6 cm³/mol. The molecule has 1 aliphatic rings. The van der Waals surface area contributed by atoms with Gasteiger partial charge in [0.25, 0.3) is 0 Å². The van der Waals surface area contributed by atoms with Gasteiger partial charge in [-0.1, -0.05) is 19.1 Å². The van der Waals surface area contributed by atoms with Gasteiger partial charge in [-0.15, -0.1) is 0 Å². The standard InChI is InChI=1S/C13H25N3O/c1-5-16(6-10(2)3)13(17)9-15-7-11(4)12(14)8-15/h11-12H,2,5-9,14H2,1,3-4H3. The number of carbonyl (C=O) groups excluding carboxylic acids is 1. The lowest BCUT2D eigenvalue weighted by Crippen LogP contribution is -2.40. The smallest absolute Gasteiger partial charge is 0.237 e. The fourth-order valence-electron chi connectivity index (χ4n) is 2.22. The highest BCUT2D eigenvalue weighted by Crippen LogP contribution is 2.14. The van der Waals surface area contributed by atoms with E-state index in [9.17, 15) is 4.79 Å². The molecule has 1 aliphatic heterocycles. The lowest BCUT2D eigenvalue weighted by Gasteiger charge is -2.24. The second-order valence-electron chi connectivity index (χ2n) is 5.20. The number of carbonyl (C=O) groups is 1. The number of likely N-dealkylation sites (tertiary alicyclic amines) is 1. The largest absolute Gasteiger partial charge is 0.338 e. The van der Waals surface area contributed by atoms with Crippen molar-refractivity contribution in [1.29, 1.82) is 0 Å². The Kier molecular flexibility index (Phi) is 5.15. The first-order valence-corrected chi connectivity index (χ1v) is 6.34. The molecule has 1 heterocycles. The van der Waals surface area contributed by atoms with Gasteiger partial charge in [0.2, 0.25) is 5.91 Å². The summed E-state index contributed by atoms with van der Waals surface area (Å²) in [6, 6.07) is 0.207. The highest BCUT2D eigenvalue weighted by molar-refractivity contribution is 5.78. The number of likely N-dealkylation sites (N-methyl/N-ethyl adjacent to an activating group) is 1. The van der Waals surface area contributed by atoms with Crippen molar-refractivity contribution in [2.24, 2.45) is 11.7 Å². The summed E-state index contributed by atoms with van der Waals surface area (Å²) in [4.78, 5) is 16.1. The van der Waals surface area contributed by atoms with Gasteiger partial charge in [-0.2, -0.15) is 0 Å². The van der Waals surface area contributed by atoms with Crippen LogP contribution in [-0.2, 0) is 4.79 Å². The second-order valence-corrected chi connectivity index (χ2v) is 5.20. The van der Waals surface area contributed by atoms with Crippen LogP contribution < -0.4 is 5.73 Å². The minimum Gasteiger partial charge on any atom is -0.338 e. The number of nitrogens with two attached hydrogens (primary N) is 1. The molecule has 2 N–H and O–H groups in total. The van der Waals surface area contributed by atoms with Crippen LogP contribution in [0.15, 0.2) is 12.2 Å². The van der Waals surface area contributed by atoms with E-state index in [0.29, 0.717) is 19.0 Å². The molecule has 1 amide bonds. The van der Waals surface area contributed by atoms with Gasteiger partial charge in [-0.05, 0) is 19.8 Å². The molecule has 4 nitrogen and oxygen atoms in total. The molecule has 0 radical (unpaired) electrons. The molecule has 2 unspecified atom stereocenters. The third kappa shape index (κ3) is 4.13. The maximum atomic E-state index is 12.1. The predicted octanol–water partition coefficient (Wildman–Crippen LogP) is 0.690. The van der Waals surface area contributed by atoms with E-state index in [1.807, 2.05) is 18.7 Å². The van der Waals surface area contributed by atoms with Crippen LogP contribution in [0.5, 0.6) is 0 Å². The SMILES string of the molecule is C=C(C)CN(CC)C(=O)CN1CC(C)C(N)C1. The third-order valence-electron chi connectivity index (χ3n) is 3.30. The molecule has 2 atom stereocenters. The number of hydrogen-bond acceptors (Lipinski definition) is 3. The van der Waals surface area contributed by atoms with Crippen LogP contribution in [0, 0.1) is 5.92 Å². The highest BCUT2D eigenvalue weighted by Gasteiger charge is 2.28. The normalized spacial score (nSPS) is 24.9. The highest BCUT2D eigenvalue weighted by atomic mass is 16.2. The fraction of sp³-hybridized carbons (Fsp3) is 0.769. The summed E-state index contributed by atoms with van der Waals surface area (Å²) in [7, 11) is 0. The van der Waals surface area contributed by atoms with Crippen LogP contribution >= 0.6 is 0 Å². The molecule has 0 aromatic rings. The fourth-order valence-corrected chi connectivity index (χ4v) is 2.22. The molecule has 0 saturated carbocycles. The van der Waals surface area contributed by atoms with Gasteiger partial charge < -0.3 is 10.6 Å². The number of hydrogen-bond donors (Lipinski definition) is 1. The molecule has 0 spiro atoms. The van der Waals surface area contributed by atoms with Gasteiger partial charge >= 0.3 is 0 Å². The first-order chi connectivity index (χ1) is 7.93. The summed E-state index contributed by atoms with van der Waals surface area (Å²) in [5.74, 6) is 0.663. The molecule has 98 valence electrons. The van der Waals surface area contributed by atoms with Crippen molar-refractivity contribution in [2.75, 3.05) is 32.7 Å². The van der Waals surface area contributed by atoms with Crippen LogP contribution in [0.3, 0.4) is 0 Å². The van der Waals surface area contributed by atoms with E-state index >= 15 is 0 Å². The average molecular weight is 239 g/mol. The van der Waals surface area contributed by atoms with Crippen molar-refractivity contribution in [2.45, 2.75) is 26.8 Å². The Bertz CT molecular complexity index is 280. The van der Waals surface area contributed by atoms with E-state index in [1.165, 1.54) is 0 Å². The lowest BCUT2D eigenvalue weighted by molar-refractivity contribution is -0.131. The zero-order chi connectivity index (χ0) is 13.0. The van der Waals surface area contributed by atoms with E-state index in [2.05, 4.69) is 18.4 Å². The molecule has 1 rings (SSSR count). The minimum absolute atomic E-state index is 0.178. The third-order valence-corrected chi connectivity index (χ3v) is 3.30. The van der Waals surface area contributed by atoms with Crippen molar-refractivity contribution in [3.8, 4) is 0 Å². The molecule has 0 bridgehead atoms. The van der Waals surface area contributed by atoms with Crippen LogP contribution in [0.2, 0.25) is 0 Å². The zero-order valence-electron chi connectivity index (χ0n) is 11.3. The van der Waals surface area contributed by atoms with E-state index in [0.717, 1.165) is 25.2 Å². The van der Waals surface area contributed by atoms with Crippen molar-refractivity contribution in [3.05, 3.63) is 12.2 Å². The monoisotopic (exact) mass is 239 g/mol. The van der Waals surface area contributed by atoms with E-state index in [4.69, 9.17) is 5.73 Å². The van der Waals surface area contributed by atoms with Crippen LogP contribution in [0.25, 0.3) is 0 Å². The van der Waals surface area contributed by atoms with Crippen molar-refractivity contribution < 1.29 is 4.79 Å².